The van der Waals surface area contributed by atoms with E-state index in [1.165, 1.54) is 17.7 Å². The molecule has 5 nitrogen and oxygen atoms in total. The lowest BCUT2D eigenvalue weighted by molar-refractivity contribution is 0.306. The van der Waals surface area contributed by atoms with Crippen LogP contribution in [-0.4, -0.2) is 34.7 Å². The summed E-state index contributed by atoms with van der Waals surface area (Å²) < 4.78 is 5.30. The average Bonchev–Trinajstić information content (AvgIpc) is 3.07. The molecule has 1 unspecified atom stereocenters. The van der Waals surface area contributed by atoms with Gasteiger partial charge in [0.1, 0.15) is 0 Å². The minimum Gasteiger partial charge on any atom is -0.333 e. The molecule has 1 fully saturated rings. The summed E-state index contributed by atoms with van der Waals surface area (Å²) in [5.41, 5.74) is 6.15. The number of likely N-dealkylation sites (tertiary alicyclic amines) is 1. The third-order valence-electron chi connectivity index (χ3n) is 3.38. The van der Waals surface area contributed by atoms with Gasteiger partial charge in [0.15, 0.2) is 5.82 Å². The Morgan fingerprint density at radius 3 is 2.89 bits per heavy atom. The molecule has 3 rings (SSSR count). The SMILES string of the molecule is Cc1ccc(-c2nc(C(N)CN3CCCC3)no2)s1. The van der Waals surface area contributed by atoms with E-state index in [1.807, 2.05) is 12.1 Å². The maximum atomic E-state index is 6.15. The number of thiophene rings is 1. The van der Waals surface area contributed by atoms with Gasteiger partial charge in [-0.2, -0.15) is 4.98 Å². The molecule has 0 saturated carbocycles. The summed E-state index contributed by atoms with van der Waals surface area (Å²) in [5.74, 6) is 1.18. The third-order valence-corrected chi connectivity index (χ3v) is 4.37. The summed E-state index contributed by atoms with van der Waals surface area (Å²) in [5, 5.41) is 4.01. The van der Waals surface area contributed by atoms with E-state index in [0.29, 0.717) is 11.7 Å². The molecule has 0 amide bonds. The first-order valence-corrected chi connectivity index (χ1v) is 7.42. The molecule has 2 aromatic heterocycles. The molecular weight excluding hydrogens is 260 g/mol. The van der Waals surface area contributed by atoms with Crippen molar-refractivity contribution in [1.82, 2.24) is 15.0 Å². The number of nitrogens with zero attached hydrogens (tertiary/aromatic N) is 3. The predicted molar refractivity (Wildman–Crippen MR) is 75.0 cm³/mol. The van der Waals surface area contributed by atoms with Gasteiger partial charge in [-0.15, -0.1) is 11.3 Å². The maximum Gasteiger partial charge on any atom is 0.268 e. The van der Waals surface area contributed by atoms with Crippen LogP contribution in [0.3, 0.4) is 0 Å². The summed E-state index contributed by atoms with van der Waals surface area (Å²) in [6.07, 6.45) is 2.53. The standard InChI is InChI=1S/C13H18N4OS/c1-9-4-5-11(19-9)13-15-12(16-18-13)10(14)8-17-6-2-3-7-17/h4-5,10H,2-3,6-8,14H2,1H3. The van der Waals surface area contributed by atoms with Gasteiger partial charge in [0.05, 0.1) is 10.9 Å². The second-order valence-corrected chi connectivity index (χ2v) is 6.27. The van der Waals surface area contributed by atoms with E-state index in [4.69, 9.17) is 10.3 Å². The Hall–Kier alpha value is -1.24. The topological polar surface area (TPSA) is 68.2 Å². The Kier molecular flexibility index (Phi) is 3.63. The first-order valence-electron chi connectivity index (χ1n) is 6.61. The third kappa shape index (κ3) is 2.86. The highest BCUT2D eigenvalue weighted by molar-refractivity contribution is 7.15. The van der Waals surface area contributed by atoms with Crippen LogP contribution in [0.1, 0.15) is 29.6 Å². The van der Waals surface area contributed by atoms with Crippen molar-refractivity contribution in [1.29, 1.82) is 0 Å². The van der Waals surface area contributed by atoms with E-state index < -0.39 is 0 Å². The largest absolute Gasteiger partial charge is 0.333 e. The Morgan fingerprint density at radius 2 is 2.21 bits per heavy atom. The second-order valence-electron chi connectivity index (χ2n) is 4.98. The van der Waals surface area contributed by atoms with Crippen molar-refractivity contribution in [3.8, 4) is 10.8 Å². The van der Waals surface area contributed by atoms with E-state index in [9.17, 15) is 0 Å². The van der Waals surface area contributed by atoms with Crippen LogP contribution in [0.25, 0.3) is 10.8 Å². The summed E-state index contributed by atoms with van der Waals surface area (Å²) in [4.78, 5) is 9.01. The molecule has 0 spiro atoms. The van der Waals surface area contributed by atoms with Gasteiger partial charge in [0, 0.05) is 11.4 Å². The van der Waals surface area contributed by atoms with E-state index in [1.54, 1.807) is 11.3 Å². The Bertz CT molecular complexity index is 544. The zero-order chi connectivity index (χ0) is 13.2. The van der Waals surface area contributed by atoms with E-state index in [0.717, 1.165) is 24.5 Å². The summed E-state index contributed by atoms with van der Waals surface area (Å²) in [7, 11) is 0. The molecule has 1 saturated heterocycles. The van der Waals surface area contributed by atoms with Crippen molar-refractivity contribution in [2.75, 3.05) is 19.6 Å². The molecule has 0 radical (unpaired) electrons. The van der Waals surface area contributed by atoms with Crippen molar-refractivity contribution >= 4 is 11.3 Å². The molecule has 1 atom stereocenters. The van der Waals surface area contributed by atoms with Gasteiger partial charge < -0.3 is 15.2 Å². The Morgan fingerprint density at radius 1 is 1.42 bits per heavy atom. The number of hydrogen-bond acceptors (Lipinski definition) is 6. The number of rotatable bonds is 4. The van der Waals surface area contributed by atoms with Crippen LogP contribution in [0.15, 0.2) is 16.7 Å². The smallest absolute Gasteiger partial charge is 0.268 e. The summed E-state index contributed by atoms with van der Waals surface area (Å²) >= 11 is 1.65. The Balaban J connectivity index is 1.69. The monoisotopic (exact) mass is 278 g/mol. The first kappa shape index (κ1) is 12.8. The van der Waals surface area contributed by atoms with Crippen LogP contribution < -0.4 is 5.73 Å². The molecule has 0 bridgehead atoms. The number of nitrogens with two attached hydrogens (primary N) is 1. The van der Waals surface area contributed by atoms with Crippen LogP contribution in [-0.2, 0) is 0 Å². The lowest BCUT2D eigenvalue weighted by Gasteiger charge is -2.17. The molecule has 1 aliphatic heterocycles. The highest BCUT2D eigenvalue weighted by atomic mass is 32.1. The van der Waals surface area contributed by atoms with Crippen LogP contribution >= 0.6 is 11.3 Å². The van der Waals surface area contributed by atoms with Gasteiger partial charge in [-0.3, -0.25) is 0 Å². The van der Waals surface area contributed by atoms with Crippen LogP contribution in [0, 0.1) is 6.92 Å². The first-order chi connectivity index (χ1) is 9.22. The van der Waals surface area contributed by atoms with E-state index in [-0.39, 0.29) is 6.04 Å². The average molecular weight is 278 g/mol. The zero-order valence-electron chi connectivity index (χ0n) is 11.0. The molecule has 1 aliphatic rings. The quantitative estimate of drug-likeness (QED) is 0.928. The van der Waals surface area contributed by atoms with Gasteiger partial charge in [0.25, 0.3) is 5.89 Å². The van der Waals surface area contributed by atoms with Crippen molar-refractivity contribution in [3.63, 3.8) is 0 Å². The summed E-state index contributed by atoms with van der Waals surface area (Å²) in [6, 6.07) is 3.88. The molecule has 3 heterocycles. The second kappa shape index (κ2) is 5.40. The minimum absolute atomic E-state index is 0.170. The fourth-order valence-electron chi connectivity index (χ4n) is 2.36. The van der Waals surface area contributed by atoms with E-state index in [2.05, 4.69) is 22.0 Å². The number of aromatic nitrogens is 2. The van der Waals surface area contributed by atoms with Crippen molar-refractivity contribution in [3.05, 3.63) is 22.8 Å². The molecular formula is C13H18N4OS. The van der Waals surface area contributed by atoms with Gasteiger partial charge in [0.2, 0.25) is 0 Å². The fraction of sp³-hybridized carbons (Fsp3) is 0.538. The Labute approximate surface area is 116 Å². The molecule has 0 aliphatic carbocycles. The van der Waals surface area contributed by atoms with Crippen molar-refractivity contribution in [2.24, 2.45) is 5.73 Å². The van der Waals surface area contributed by atoms with Crippen LogP contribution in [0.4, 0.5) is 0 Å². The maximum absolute atomic E-state index is 6.15. The lowest BCUT2D eigenvalue weighted by Crippen LogP contribution is -2.30. The molecule has 6 heteroatoms. The molecule has 102 valence electrons. The minimum atomic E-state index is -0.170. The molecule has 0 aromatic carbocycles. The van der Waals surface area contributed by atoms with Crippen molar-refractivity contribution in [2.45, 2.75) is 25.8 Å². The van der Waals surface area contributed by atoms with Crippen molar-refractivity contribution < 1.29 is 4.52 Å². The van der Waals surface area contributed by atoms with Gasteiger partial charge in [-0.25, -0.2) is 0 Å². The molecule has 2 aromatic rings. The van der Waals surface area contributed by atoms with E-state index >= 15 is 0 Å². The molecule has 2 N–H and O–H groups in total. The normalized spacial score (nSPS) is 18.0. The van der Waals surface area contributed by atoms with Crippen LogP contribution in [0.2, 0.25) is 0 Å². The number of hydrogen-bond donors (Lipinski definition) is 1. The van der Waals surface area contributed by atoms with Gasteiger partial charge >= 0.3 is 0 Å². The highest BCUT2D eigenvalue weighted by Gasteiger charge is 2.20. The highest BCUT2D eigenvalue weighted by Crippen LogP contribution is 2.26. The number of aryl methyl sites for hydroxylation is 1. The van der Waals surface area contributed by atoms with Gasteiger partial charge in [-0.05, 0) is 45.0 Å². The summed E-state index contributed by atoms with van der Waals surface area (Å²) in [6.45, 7) is 5.12. The predicted octanol–water partition coefficient (Wildman–Crippen LogP) is 2.20. The lowest BCUT2D eigenvalue weighted by atomic mass is 10.3. The van der Waals surface area contributed by atoms with Crippen LogP contribution in [0.5, 0.6) is 0 Å². The fourth-order valence-corrected chi connectivity index (χ4v) is 3.15. The zero-order valence-corrected chi connectivity index (χ0v) is 11.8. The molecule has 19 heavy (non-hydrogen) atoms. The van der Waals surface area contributed by atoms with Gasteiger partial charge in [-0.1, -0.05) is 5.16 Å².